The van der Waals surface area contributed by atoms with Gasteiger partial charge in [-0.3, -0.25) is 19.4 Å². The number of nitrogens with zero attached hydrogens (tertiary/aromatic N) is 4. The summed E-state index contributed by atoms with van der Waals surface area (Å²) in [5.74, 6) is -0.0610. The van der Waals surface area contributed by atoms with Crippen LogP contribution < -0.4 is 10.6 Å². The Morgan fingerprint density at radius 3 is 2.13 bits per heavy atom. The topological polar surface area (TPSA) is 84.9 Å². The number of likely N-dealkylation sites (N-methyl/N-ethyl adjacent to an activating group) is 2. The predicted octanol–water partition coefficient (Wildman–Crippen LogP) is -1.10. The molecule has 0 aromatic carbocycles. The molecule has 1 unspecified atom stereocenters. The monoisotopic (exact) mass is 442 g/mol. The number of nitrogens with one attached hydrogen (secondary N) is 2. The molecule has 0 aromatic rings. The second-order valence-electron chi connectivity index (χ2n) is 10.3. The molecule has 0 radical (unpaired) electrons. The number of aliphatic hydroxyl groups is 1. The molecule has 0 aliphatic carbocycles. The number of aliphatic hydroxyl groups excluding tert-OH is 1. The van der Waals surface area contributed by atoms with Gasteiger partial charge >= 0.3 is 0 Å². The van der Waals surface area contributed by atoms with E-state index in [4.69, 9.17) is 0 Å². The minimum Gasteiger partial charge on any atom is -0.352 e. The zero-order valence-electron chi connectivity index (χ0n) is 20.6. The van der Waals surface area contributed by atoms with Gasteiger partial charge in [-0.15, -0.1) is 0 Å². The zero-order chi connectivity index (χ0) is 23.7. The summed E-state index contributed by atoms with van der Waals surface area (Å²) in [5.41, 5.74) is 0.510. The molecular weight excluding hydrogens is 396 g/mol. The first-order valence-corrected chi connectivity index (χ1v) is 11.3. The zero-order valence-corrected chi connectivity index (χ0v) is 20.6. The molecule has 1 rings (SSSR count). The second-order valence-corrected chi connectivity index (χ2v) is 10.3. The molecule has 0 bridgehead atoms. The number of amides is 2. The minimum absolute atomic E-state index is 0.0562. The van der Waals surface area contributed by atoms with E-state index in [1.165, 1.54) is 0 Å². The summed E-state index contributed by atoms with van der Waals surface area (Å²) < 4.78 is 1.13. The van der Waals surface area contributed by atoms with Crippen molar-refractivity contribution < 1.29 is 23.7 Å². The van der Waals surface area contributed by atoms with Gasteiger partial charge in [0.25, 0.3) is 5.91 Å². The summed E-state index contributed by atoms with van der Waals surface area (Å²) in [7, 11) is 10.1. The van der Waals surface area contributed by atoms with Crippen LogP contribution in [0.3, 0.4) is 0 Å². The molecule has 180 valence electrons. The smallest absolute Gasteiger partial charge is 0.275 e. The van der Waals surface area contributed by atoms with E-state index in [9.17, 15) is 14.7 Å². The van der Waals surface area contributed by atoms with E-state index in [1.54, 1.807) is 6.92 Å². The van der Waals surface area contributed by atoms with Gasteiger partial charge in [-0.1, -0.05) is 6.58 Å². The minimum atomic E-state index is -0.380. The van der Waals surface area contributed by atoms with Crippen LogP contribution >= 0.6 is 0 Å². The van der Waals surface area contributed by atoms with Crippen LogP contribution in [0.2, 0.25) is 0 Å². The van der Waals surface area contributed by atoms with E-state index in [0.717, 1.165) is 45.7 Å². The molecule has 9 heteroatoms. The van der Waals surface area contributed by atoms with Crippen molar-refractivity contribution in [1.29, 1.82) is 0 Å². The quantitative estimate of drug-likeness (QED) is 0.146. The van der Waals surface area contributed by atoms with Crippen molar-refractivity contribution in [2.45, 2.75) is 19.6 Å². The van der Waals surface area contributed by atoms with Crippen molar-refractivity contribution in [3.8, 4) is 0 Å². The maximum atomic E-state index is 12.3. The Hall–Kier alpha value is -1.52. The molecule has 0 spiro atoms. The third-order valence-corrected chi connectivity index (χ3v) is 5.72. The largest absolute Gasteiger partial charge is 0.352 e. The van der Waals surface area contributed by atoms with Gasteiger partial charge in [-0.05, 0) is 6.92 Å². The summed E-state index contributed by atoms with van der Waals surface area (Å²) in [6.07, 6.45) is 0.432. The average Bonchev–Trinajstić information content (AvgIpc) is 2.65. The molecule has 1 saturated heterocycles. The van der Waals surface area contributed by atoms with Crippen molar-refractivity contribution in [3.63, 3.8) is 0 Å². The lowest BCUT2D eigenvalue weighted by atomic mass is 10.3. The Morgan fingerprint density at radius 1 is 1.00 bits per heavy atom. The molecule has 1 aliphatic heterocycles. The molecule has 0 aromatic heterocycles. The van der Waals surface area contributed by atoms with E-state index in [2.05, 4.69) is 27.0 Å². The van der Waals surface area contributed by atoms with Crippen LogP contribution in [0, 0.1) is 0 Å². The van der Waals surface area contributed by atoms with Crippen molar-refractivity contribution in [2.75, 3.05) is 101 Å². The van der Waals surface area contributed by atoms with Crippen LogP contribution in [0.15, 0.2) is 12.2 Å². The van der Waals surface area contributed by atoms with Crippen LogP contribution in [-0.2, 0) is 9.59 Å². The van der Waals surface area contributed by atoms with Gasteiger partial charge in [0.1, 0.15) is 0 Å². The third kappa shape index (κ3) is 11.6. The molecule has 0 saturated carbocycles. The highest BCUT2D eigenvalue weighted by Crippen LogP contribution is 2.06. The summed E-state index contributed by atoms with van der Waals surface area (Å²) in [6, 6.07) is 0. The van der Waals surface area contributed by atoms with Crippen LogP contribution in [0.5, 0.6) is 0 Å². The highest BCUT2D eigenvalue weighted by atomic mass is 16.3. The summed E-state index contributed by atoms with van der Waals surface area (Å²) in [5, 5.41) is 16.1. The molecule has 31 heavy (non-hydrogen) atoms. The van der Waals surface area contributed by atoms with E-state index in [-0.39, 0.29) is 18.0 Å². The molecule has 1 heterocycles. The van der Waals surface area contributed by atoms with Gasteiger partial charge in [0, 0.05) is 57.8 Å². The number of hydrogen-bond donors (Lipinski definition) is 3. The normalized spacial score (nSPS) is 17.3. The van der Waals surface area contributed by atoms with Crippen molar-refractivity contribution >= 4 is 11.8 Å². The SMILES string of the molecule is C=C(C)C(=O)NCCC[N+](C)(C)CC(=O)NCCN1CCN(CC(O)[N+](C)(C)C)CC1. The summed E-state index contributed by atoms with van der Waals surface area (Å²) >= 11 is 0. The number of piperazine rings is 1. The van der Waals surface area contributed by atoms with Gasteiger partial charge in [-0.25, -0.2) is 0 Å². The van der Waals surface area contributed by atoms with Gasteiger partial charge in [0.2, 0.25) is 12.1 Å². The molecular formula is C22H46N6O3+2. The fraction of sp³-hybridized carbons (Fsp3) is 0.818. The van der Waals surface area contributed by atoms with Crippen molar-refractivity contribution in [3.05, 3.63) is 12.2 Å². The van der Waals surface area contributed by atoms with Crippen molar-refractivity contribution in [1.82, 2.24) is 20.4 Å². The van der Waals surface area contributed by atoms with Crippen LogP contribution in [-0.4, -0.2) is 143 Å². The first-order chi connectivity index (χ1) is 14.3. The number of rotatable bonds is 13. The summed E-state index contributed by atoms with van der Waals surface area (Å²) in [6.45, 7) is 13.1. The van der Waals surface area contributed by atoms with Gasteiger partial charge in [0.05, 0.1) is 48.3 Å². The van der Waals surface area contributed by atoms with Crippen LogP contribution in [0.25, 0.3) is 0 Å². The first kappa shape index (κ1) is 27.5. The lowest BCUT2D eigenvalue weighted by Crippen LogP contribution is -2.55. The number of carbonyl (C=O) groups is 2. The fourth-order valence-corrected chi connectivity index (χ4v) is 3.41. The van der Waals surface area contributed by atoms with Crippen LogP contribution in [0.1, 0.15) is 13.3 Å². The van der Waals surface area contributed by atoms with Crippen LogP contribution in [0.4, 0.5) is 0 Å². The van der Waals surface area contributed by atoms with E-state index in [1.807, 2.05) is 35.2 Å². The Bertz CT molecular complexity index is 595. The van der Waals surface area contributed by atoms with Crippen molar-refractivity contribution in [2.24, 2.45) is 0 Å². The highest BCUT2D eigenvalue weighted by molar-refractivity contribution is 5.92. The molecule has 2 amide bonds. The molecule has 1 fully saturated rings. The standard InChI is InChI=1S/C22H44N6O3/c1-19(2)22(31)24-9-8-16-28(6,7)18-20(29)23-10-11-25-12-14-26(15-13-25)17-21(30)27(3,4)5/h21,30H,1,8-18H2,2-7H3/p+2. The third-order valence-electron chi connectivity index (χ3n) is 5.72. The Labute approximate surface area is 188 Å². The van der Waals surface area contributed by atoms with E-state index >= 15 is 0 Å². The Morgan fingerprint density at radius 2 is 1.58 bits per heavy atom. The van der Waals surface area contributed by atoms with E-state index in [0.29, 0.717) is 40.7 Å². The Balaban J connectivity index is 2.18. The second kappa shape index (κ2) is 12.5. The maximum absolute atomic E-state index is 12.3. The number of carbonyl (C=O) groups excluding carboxylic acids is 2. The van der Waals surface area contributed by atoms with Gasteiger partial charge in [-0.2, -0.15) is 0 Å². The predicted molar refractivity (Wildman–Crippen MR) is 124 cm³/mol. The van der Waals surface area contributed by atoms with Gasteiger partial charge < -0.3 is 24.7 Å². The lowest BCUT2D eigenvalue weighted by Gasteiger charge is -2.38. The summed E-state index contributed by atoms with van der Waals surface area (Å²) in [4.78, 5) is 28.5. The highest BCUT2D eigenvalue weighted by Gasteiger charge is 2.26. The number of quaternary nitrogens is 2. The molecule has 3 N–H and O–H groups in total. The molecule has 1 aliphatic rings. The molecule has 9 nitrogen and oxygen atoms in total. The molecule has 1 atom stereocenters. The maximum Gasteiger partial charge on any atom is 0.275 e. The number of hydrogen-bond acceptors (Lipinski definition) is 5. The number of β-amino-alcohol motifs (C(OH)–C–C–N with tert-alkyl or cyclic N) is 1. The average molecular weight is 443 g/mol. The Kier molecular flexibility index (Phi) is 11.1. The fourth-order valence-electron chi connectivity index (χ4n) is 3.41. The first-order valence-electron chi connectivity index (χ1n) is 11.3. The van der Waals surface area contributed by atoms with Gasteiger partial charge in [0.15, 0.2) is 6.54 Å². The lowest BCUT2D eigenvalue weighted by molar-refractivity contribution is -0.918. The van der Waals surface area contributed by atoms with E-state index < -0.39 is 0 Å².